The van der Waals surface area contributed by atoms with E-state index in [1.54, 1.807) is 18.2 Å². The third-order valence-electron chi connectivity index (χ3n) is 3.62. The van der Waals surface area contributed by atoms with Crippen LogP contribution in [-0.2, 0) is 19.4 Å². The number of carbonyl (C=O) groups is 2. The van der Waals surface area contributed by atoms with Crippen molar-refractivity contribution in [2.45, 2.75) is 9.70 Å². The molecule has 0 aliphatic carbocycles. The number of rotatable bonds is 2. The first-order chi connectivity index (χ1) is 10.2. The third-order valence-corrected chi connectivity index (χ3v) is 6.95. The molecule has 7 nitrogen and oxygen atoms in total. The second-order valence-corrected chi connectivity index (χ2v) is 8.80. The fourth-order valence-corrected chi connectivity index (χ4v) is 5.97. The molecule has 2 atom stereocenters. The van der Waals surface area contributed by atoms with Crippen molar-refractivity contribution in [1.29, 1.82) is 0 Å². The Morgan fingerprint density at radius 2 is 2.23 bits per heavy atom. The normalized spacial score (nSPS) is 31.5. The molecule has 22 heavy (non-hydrogen) atoms. The second-order valence-electron chi connectivity index (χ2n) is 5.22. The van der Waals surface area contributed by atoms with Gasteiger partial charge in [-0.2, -0.15) is 0 Å². The van der Waals surface area contributed by atoms with Crippen molar-refractivity contribution in [2.24, 2.45) is 0 Å². The highest BCUT2D eigenvalue weighted by molar-refractivity contribution is 9.10. The van der Waals surface area contributed by atoms with Crippen molar-refractivity contribution >= 4 is 43.7 Å². The molecule has 0 bridgehead atoms. The van der Waals surface area contributed by atoms with Gasteiger partial charge in [0.15, 0.2) is 19.5 Å². The average Bonchev–Trinajstić information content (AvgIpc) is 2.45. The molecule has 1 aromatic rings. The summed E-state index contributed by atoms with van der Waals surface area (Å²) >= 11 is 2.95. The molecule has 0 radical (unpaired) electrons. The molecule has 0 aromatic carbocycles. The minimum atomic E-state index is -3.80. The Hall–Kier alpha value is -1.74. The van der Waals surface area contributed by atoms with Crippen LogP contribution in [0, 0.1) is 0 Å². The summed E-state index contributed by atoms with van der Waals surface area (Å²) in [4.78, 5) is 28.5. The predicted molar refractivity (Wildman–Crippen MR) is 80.8 cm³/mol. The van der Waals surface area contributed by atoms with Crippen LogP contribution in [0.3, 0.4) is 0 Å². The van der Waals surface area contributed by atoms with Crippen molar-refractivity contribution < 1.29 is 23.1 Å². The number of carboxylic acid groups (broad SMARTS) is 1. The number of carbonyl (C=O) groups excluding carboxylic acids is 1. The number of halogens is 1. The van der Waals surface area contributed by atoms with Crippen molar-refractivity contribution in [3.05, 3.63) is 35.7 Å². The molecule has 2 aliphatic rings. The van der Waals surface area contributed by atoms with Crippen LogP contribution in [0.15, 0.2) is 30.0 Å². The molecular weight excluding hydrogens is 376 g/mol. The van der Waals surface area contributed by atoms with E-state index in [2.05, 4.69) is 20.9 Å². The maximum Gasteiger partial charge on any atom is 0.323 e. The van der Waals surface area contributed by atoms with Gasteiger partial charge >= 0.3 is 5.97 Å². The van der Waals surface area contributed by atoms with Gasteiger partial charge in [-0.25, -0.2) is 8.42 Å². The highest BCUT2D eigenvalue weighted by atomic mass is 79.9. The zero-order valence-corrected chi connectivity index (χ0v) is 13.5. The van der Waals surface area contributed by atoms with Gasteiger partial charge in [0.05, 0.1) is 17.0 Å². The fourth-order valence-electron chi connectivity index (χ4n) is 2.62. The zero-order chi connectivity index (χ0) is 16.1. The SMILES string of the molecule is O=C1C(=Cc2ccccn2)[C@@H]2N1CC(Br)(C(=O)O)CS2(=O)=O. The lowest BCUT2D eigenvalue weighted by molar-refractivity contribution is -0.142. The number of aromatic nitrogens is 1. The second kappa shape index (κ2) is 4.88. The van der Waals surface area contributed by atoms with E-state index in [0.717, 1.165) is 4.90 Å². The van der Waals surface area contributed by atoms with Crippen molar-refractivity contribution in [1.82, 2.24) is 9.88 Å². The number of pyridine rings is 1. The van der Waals surface area contributed by atoms with Crippen LogP contribution in [0.5, 0.6) is 0 Å². The van der Waals surface area contributed by atoms with Gasteiger partial charge in [0.1, 0.15) is 0 Å². The number of hydrogen-bond acceptors (Lipinski definition) is 5. The van der Waals surface area contributed by atoms with Crippen LogP contribution in [0.4, 0.5) is 0 Å². The summed E-state index contributed by atoms with van der Waals surface area (Å²) in [5.74, 6) is -2.35. The minimum absolute atomic E-state index is 0.124. The standard InChI is InChI=1S/C13H11BrN2O5S/c14-13(12(18)19)6-16-10(17)9(11(16)22(20,21)7-13)5-8-3-1-2-4-15-8/h1-5,11H,6-7H2,(H,18,19)/t11-,13?/m1/s1. The van der Waals surface area contributed by atoms with Crippen molar-refractivity contribution in [3.8, 4) is 0 Å². The Balaban J connectivity index is 1.98. The Bertz CT molecular complexity index is 792. The molecule has 3 heterocycles. The number of fused-ring (bicyclic) bond motifs is 1. The Morgan fingerprint density at radius 3 is 2.82 bits per heavy atom. The van der Waals surface area contributed by atoms with Gasteiger partial charge < -0.3 is 10.0 Å². The number of amides is 1. The first-order valence-electron chi connectivity index (χ1n) is 6.32. The van der Waals surface area contributed by atoms with Crippen molar-refractivity contribution in [3.63, 3.8) is 0 Å². The lowest BCUT2D eigenvalue weighted by atomic mass is 10.0. The molecule has 116 valence electrons. The van der Waals surface area contributed by atoms with E-state index < -0.39 is 37.2 Å². The highest BCUT2D eigenvalue weighted by Gasteiger charge is 2.60. The minimum Gasteiger partial charge on any atom is -0.480 e. The summed E-state index contributed by atoms with van der Waals surface area (Å²) in [5.41, 5.74) is 0.605. The van der Waals surface area contributed by atoms with Gasteiger partial charge in [0, 0.05) is 12.7 Å². The zero-order valence-electron chi connectivity index (χ0n) is 11.1. The first kappa shape index (κ1) is 15.2. The van der Waals surface area contributed by atoms with Crippen LogP contribution in [0.2, 0.25) is 0 Å². The molecule has 0 spiro atoms. The van der Waals surface area contributed by atoms with Crippen LogP contribution in [0.25, 0.3) is 6.08 Å². The van der Waals surface area contributed by atoms with E-state index in [1.165, 1.54) is 12.3 Å². The van der Waals surface area contributed by atoms with Gasteiger partial charge in [0.25, 0.3) is 5.91 Å². The van der Waals surface area contributed by atoms with E-state index in [0.29, 0.717) is 5.69 Å². The number of carboxylic acids is 1. The topological polar surface area (TPSA) is 105 Å². The highest BCUT2D eigenvalue weighted by Crippen LogP contribution is 2.41. The van der Waals surface area contributed by atoms with E-state index in [4.69, 9.17) is 0 Å². The van der Waals surface area contributed by atoms with E-state index in [-0.39, 0.29) is 12.1 Å². The van der Waals surface area contributed by atoms with Crippen LogP contribution >= 0.6 is 15.9 Å². The molecule has 0 saturated carbocycles. The summed E-state index contributed by atoms with van der Waals surface area (Å²) in [6.07, 6.45) is 2.97. The Kier molecular flexibility index (Phi) is 3.37. The van der Waals surface area contributed by atoms with E-state index in [1.807, 2.05) is 0 Å². The van der Waals surface area contributed by atoms with E-state index >= 15 is 0 Å². The molecule has 1 amide bonds. The molecule has 1 N–H and O–H groups in total. The molecule has 9 heteroatoms. The molecule has 2 aliphatic heterocycles. The van der Waals surface area contributed by atoms with Crippen LogP contribution < -0.4 is 0 Å². The number of alkyl halides is 1. The van der Waals surface area contributed by atoms with Gasteiger partial charge in [-0.05, 0) is 18.2 Å². The summed E-state index contributed by atoms with van der Waals surface area (Å²) < 4.78 is 23.1. The Labute approximate surface area is 134 Å². The maximum atomic E-state index is 12.4. The Morgan fingerprint density at radius 1 is 1.50 bits per heavy atom. The number of β-lactam (4-membered cyclic amide) rings is 1. The summed E-state index contributed by atoms with van der Waals surface area (Å²) in [5, 5.41) is 8.08. The average molecular weight is 387 g/mol. The largest absolute Gasteiger partial charge is 0.480 e. The molecule has 1 aromatic heterocycles. The number of hydrogen-bond donors (Lipinski definition) is 1. The summed E-state index contributed by atoms with van der Waals surface area (Å²) in [6, 6.07) is 5.09. The van der Waals surface area contributed by atoms with Crippen LogP contribution in [-0.4, -0.2) is 57.3 Å². The van der Waals surface area contributed by atoms with Gasteiger partial charge in [0.2, 0.25) is 0 Å². The third kappa shape index (κ3) is 2.24. The number of nitrogens with zero attached hydrogens (tertiary/aromatic N) is 2. The molecule has 2 fully saturated rings. The maximum absolute atomic E-state index is 12.4. The fraction of sp³-hybridized carbons (Fsp3) is 0.308. The molecule has 3 rings (SSSR count). The lowest BCUT2D eigenvalue weighted by Crippen LogP contribution is -2.69. The van der Waals surface area contributed by atoms with Gasteiger partial charge in [-0.15, -0.1) is 0 Å². The smallest absolute Gasteiger partial charge is 0.323 e. The number of aliphatic carboxylic acids is 1. The molecular formula is C13H11BrN2O5S. The van der Waals surface area contributed by atoms with Gasteiger partial charge in [-0.3, -0.25) is 14.6 Å². The van der Waals surface area contributed by atoms with E-state index in [9.17, 15) is 23.1 Å². The monoisotopic (exact) mass is 386 g/mol. The quantitative estimate of drug-likeness (QED) is 0.444. The summed E-state index contributed by atoms with van der Waals surface area (Å²) in [6.45, 7) is -0.190. The summed E-state index contributed by atoms with van der Waals surface area (Å²) in [7, 11) is -3.80. The van der Waals surface area contributed by atoms with Crippen LogP contribution in [0.1, 0.15) is 5.69 Å². The molecule has 1 unspecified atom stereocenters. The lowest BCUT2D eigenvalue weighted by Gasteiger charge is -2.48. The predicted octanol–water partition coefficient (Wildman–Crippen LogP) is 0.280. The van der Waals surface area contributed by atoms with Crippen molar-refractivity contribution in [2.75, 3.05) is 12.3 Å². The molecule has 2 saturated heterocycles. The number of sulfone groups is 1. The van der Waals surface area contributed by atoms with Gasteiger partial charge in [-0.1, -0.05) is 22.0 Å². The first-order valence-corrected chi connectivity index (χ1v) is 8.83.